The van der Waals surface area contributed by atoms with Crippen molar-refractivity contribution in [2.24, 2.45) is 0 Å². The number of rotatable bonds is 8. The Labute approximate surface area is 254 Å². The standard InChI is InChI=1S/C34H32N6O2S/c1-33(2)29(30-36-37-38-39(30)22-23-14-12-13-21-27(23)41)40-31(42)28(32(40)43-33)35-34(24-15-6-3-7-16-24,25-17-8-4-9-18-25)26-19-10-5-11-20-26/h3-21,28-29,32,35,41H,22H2,1-2H3/t28?,29?,32-/m1/s1. The Kier molecular flexibility index (Phi) is 6.79. The first-order valence-electron chi connectivity index (χ1n) is 14.4. The van der Waals surface area contributed by atoms with E-state index in [2.05, 4.69) is 71.1 Å². The molecule has 2 unspecified atom stereocenters. The van der Waals surface area contributed by atoms with E-state index in [4.69, 9.17) is 0 Å². The van der Waals surface area contributed by atoms with E-state index in [1.807, 2.05) is 71.6 Å². The Hall–Kier alpha value is -4.47. The van der Waals surface area contributed by atoms with Crippen LogP contribution >= 0.6 is 11.8 Å². The number of tetrazole rings is 1. The van der Waals surface area contributed by atoms with Gasteiger partial charge >= 0.3 is 0 Å². The quantitative estimate of drug-likeness (QED) is 0.192. The molecule has 2 saturated heterocycles. The molecule has 0 bridgehead atoms. The molecule has 2 fully saturated rings. The molecule has 9 heteroatoms. The van der Waals surface area contributed by atoms with E-state index in [1.54, 1.807) is 28.6 Å². The number of nitrogens with zero attached hydrogens (tertiary/aromatic N) is 5. The predicted molar refractivity (Wildman–Crippen MR) is 166 cm³/mol. The molecule has 2 aliphatic rings. The number of fused-ring (bicyclic) bond motifs is 1. The lowest BCUT2D eigenvalue weighted by Gasteiger charge is -2.49. The number of amides is 1. The van der Waals surface area contributed by atoms with Gasteiger partial charge < -0.3 is 10.0 Å². The molecule has 2 aliphatic heterocycles. The van der Waals surface area contributed by atoms with Gasteiger partial charge in [0.15, 0.2) is 5.82 Å². The van der Waals surface area contributed by atoms with Gasteiger partial charge in [-0.25, -0.2) is 4.68 Å². The van der Waals surface area contributed by atoms with Crippen LogP contribution in [0.4, 0.5) is 0 Å². The average molecular weight is 589 g/mol. The normalized spacial score (nSPS) is 20.9. The minimum Gasteiger partial charge on any atom is -0.508 e. The van der Waals surface area contributed by atoms with Crippen molar-refractivity contribution in [2.75, 3.05) is 0 Å². The number of hydrogen-bond acceptors (Lipinski definition) is 7. The van der Waals surface area contributed by atoms with Crippen molar-refractivity contribution in [1.82, 2.24) is 30.4 Å². The highest BCUT2D eigenvalue weighted by Crippen LogP contribution is 2.57. The zero-order chi connectivity index (χ0) is 29.6. The maximum absolute atomic E-state index is 14.3. The summed E-state index contributed by atoms with van der Waals surface area (Å²) >= 11 is 1.76. The molecule has 1 amide bonds. The van der Waals surface area contributed by atoms with Gasteiger partial charge in [-0.3, -0.25) is 10.1 Å². The number of β-lactam (4-membered cyclic amide) rings is 1. The molecule has 0 aliphatic carbocycles. The smallest absolute Gasteiger partial charge is 0.244 e. The molecule has 3 heterocycles. The Morgan fingerprint density at radius 3 is 1.93 bits per heavy atom. The second-order valence-corrected chi connectivity index (χ2v) is 13.3. The van der Waals surface area contributed by atoms with Crippen LogP contribution in [0.2, 0.25) is 0 Å². The third-order valence-corrected chi connectivity index (χ3v) is 10.1. The van der Waals surface area contributed by atoms with E-state index >= 15 is 0 Å². The van der Waals surface area contributed by atoms with Crippen LogP contribution in [0.3, 0.4) is 0 Å². The number of aromatic hydroxyl groups is 1. The van der Waals surface area contributed by atoms with Crippen LogP contribution in [-0.2, 0) is 16.9 Å². The van der Waals surface area contributed by atoms with Crippen molar-refractivity contribution < 1.29 is 9.90 Å². The van der Waals surface area contributed by atoms with Gasteiger partial charge in [0.25, 0.3) is 0 Å². The SMILES string of the molecule is CC1(C)S[C@@H]2C(NC(c3ccccc3)(c3ccccc3)c3ccccc3)C(=O)N2C1c1nnnn1Cc1ccccc1O. The highest BCUT2D eigenvalue weighted by Gasteiger charge is 2.64. The first-order chi connectivity index (χ1) is 20.9. The molecule has 5 aromatic rings. The van der Waals surface area contributed by atoms with E-state index in [-0.39, 0.29) is 27.8 Å². The molecule has 7 rings (SSSR count). The lowest BCUT2D eigenvalue weighted by Crippen LogP contribution is -2.70. The summed E-state index contributed by atoms with van der Waals surface area (Å²) in [5, 5.41) is 26.8. The third kappa shape index (κ3) is 4.51. The fraction of sp³-hybridized carbons (Fsp3) is 0.235. The van der Waals surface area contributed by atoms with Crippen LogP contribution < -0.4 is 5.32 Å². The molecule has 4 aromatic carbocycles. The monoisotopic (exact) mass is 588 g/mol. The molecular formula is C34H32N6O2S. The van der Waals surface area contributed by atoms with E-state index in [9.17, 15) is 9.90 Å². The topological polar surface area (TPSA) is 96.2 Å². The molecule has 2 N–H and O–H groups in total. The van der Waals surface area contributed by atoms with E-state index in [0.717, 1.165) is 16.7 Å². The van der Waals surface area contributed by atoms with Crippen LogP contribution in [0, 0.1) is 0 Å². The zero-order valence-electron chi connectivity index (χ0n) is 23.9. The minimum absolute atomic E-state index is 0.0114. The maximum atomic E-state index is 14.3. The van der Waals surface area contributed by atoms with E-state index in [0.29, 0.717) is 17.9 Å². The van der Waals surface area contributed by atoms with Crippen molar-refractivity contribution in [3.8, 4) is 5.75 Å². The summed E-state index contributed by atoms with van der Waals surface area (Å²) in [5.74, 6) is 0.804. The summed E-state index contributed by atoms with van der Waals surface area (Å²) in [6.45, 7) is 4.59. The molecule has 216 valence electrons. The van der Waals surface area contributed by atoms with Crippen molar-refractivity contribution in [1.29, 1.82) is 0 Å². The second-order valence-electron chi connectivity index (χ2n) is 11.6. The Bertz CT molecular complexity index is 1650. The van der Waals surface area contributed by atoms with Crippen molar-refractivity contribution >= 4 is 17.7 Å². The van der Waals surface area contributed by atoms with Crippen LogP contribution in [0.15, 0.2) is 115 Å². The Morgan fingerprint density at radius 1 is 0.837 bits per heavy atom. The molecular weight excluding hydrogens is 556 g/mol. The fourth-order valence-corrected chi connectivity index (χ4v) is 8.17. The van der Waals surface area contributed by atoms with Gasteiger partial charge in [-0.15, -0.1) is 16.9 Å². The molecule has 43 heavy (non-hydrogen) atoms. The number of phenolic OH excluding ortho intramolecular Hbond substituents is 1. The molecule has 3 atom stereocenters. The first-order valence-corrected chi connectivity index (χ1v) is 15.3. The summed E-state index contributed by atoms with van der Waals surface area (Å²) < 4.78 is 1.33. The summed E-state index contributed by atoms with van der Waals surface area (Å²) in [4.78, 5) is 16.2. The number of carbonyl (C=O) groups is 1. The number of thioether (sulfide) groups is 1. The third-order valence-electron chi connectivity index (χ3n) is 8.55. The highest BCUT2D eigenvalue weighted by atomic mass is 32.2. The number of nitrogens with one attached hydrogen (secondary N) is 1. The minimum atomic E-state index is -0.759. The molecule has 0 spiro atoms. The Balaban J connectivity index is 1.27. The highest BCUT2D eigenvalue weighted by molar-refractivity contribution is 8.01. The van der Waals surface area contributed by atoms with Gasteiger partial charge in [-0.05, 0) is 47.0 Å². The van der Waals surface area contributed by atoms with Crippen LogP contribution in [-0.4, -0.2) is 52.3 Å². The lowest BCUT2D eigenvalue weighted by atomic mass is 9.76. The van der Waals surface area contributed by atoms with Crippen molar-refractivity contribution in [2.45, 2.75) is 48.1 Å². The molecule has 0 saturated carbocycles. The van der Waals surface area contributed by atoms with Gasteiger partial charge in [0.05, 0.1) is 12.1 Å². The number of hydrogen-bond donors (Lipinski definition) is 2. The second kappa shape index (κ2) is 10.7. The molecule has 0 radical (unpaired) electrons. The van der Waals surface area contributed by atoms with Crippen LogP contribution in [0.1, 0.15) is 48.0 Å². The van der Waals surface area contributed by atoms with Gasteiger partial charge in [0.1, 0.15) is 23.2 Å². The lowest BCUT2D eigenvalue weighted by molar-refractivity contribution is -0.150. The van der Waals surface area contributed by atoms with Gasteiger partial charge in [0, 0.05) is 10.3 Å². The largest absolute Gasteiger partial charge is 0.508 e. The zero-order valence-corrected chi connectivity index (χ0v) is 24.7. The van der Waals surface area contributed by atoms with Gasteiger partial charge in [-0.2, -0.15) is 0 Å². The molecule has 8 nitrogen and oxygen atoms in total. The summed E-state index contributed by atoms with van der Waals surface area (Å²) in [7, 11) is 0. The maximum Gasteiger partial charge on any atom is 0.244 e. The van der Waals surface area contributed by atoms with E-state index in [1.165, 1.54) is 0 Å². The fourth-order valence-electron chi connectivity index (χ4n) is 6.54. The van der Waals surface area contributed by atoms with Crippen molar-refractivity contribution in [3.63, 3.8) is 0 Å². The number of benzene rings is 4. The number of para-hydroxylation sites is 1. The van der Waals surface area contributed by atoms with Gasteiger partial charge in [0.2, 0.25) is 5.91 Å². The Morgan fingerprint density at radius 2 is 1.37 bits per heavy atom. The van der Waals surface area contributed by atoms with Crippen LogP contribution in [0.25, 0.3) is 0 Å². The van der Waals surface area contributed by atoms with E-state index < -0.39 is 11.6 Å². The van der Waals surface area contributed by atoms with Gasteiger partial charge in [-0.1, -0.05) is 109 Å². The van der Waals surface area contributed by atoms with Crippen molar-refractivity contribution in [3.05, 3.63) is 143 Å². The summed E-state index contributed by atoms with van der Waals surface area (Å²) in [6.07, 6.45) is 0. The number of aromatic nitrogens is 4. The number of carbonyl (C=O) groups excluding carboxylic acids is 1. The number of phenols is 1. The predicted octanol–water partition coefficient (Wildman–Crippen LogP) is 5.11. The van der Waals surface area contributed by atoms with Crippen LogP contribution in [0.5, 0.6) is 5.75 Å². The average Bonchev–Trinajstić information content (AvgIpc) is 3.59. The molecule has 1 aromatic heterocycles. The summed E-state index contributed by atoms with van der Waals surface area (Å²) in [6, 6.07) is 37.4. The summed E-state index contributed by atoms with van der Waals surface area (Å²) in [5.41, 5.74) is 3.13. The first kappa shape index (κ1) is 27.4.